The van der Waals surface area contributed by atoms with Gasteiger partial charge in [0.1, 0.15) is 0 Å². The van der Waals surface area contributed by atoms with Gasteiger partial charge in [-0.1, -0.05) is 19.9 Å². The number of hydrogen-bond acceptors (Lipinski definition) is 5. The number of benzene rings is 1. The number of non-ortho nitro benzene ring substituents is 1. The van der Waals surface area contributed by atoms with E-state index in [9.17, 15) is 24.8 Å². The Morgan fingerprint density at radius 2 is 2.07 bits per heavy atom. The van der Waals surface area contributed by atoms with Gasteiger partial charge in [0.25, 0.3) is 11.6 Å². The lowest BCUT2D eigenvalue weighted by Gasteiger charge is -2.28. The number of carboxylic acids is 1. The van der Waals surface area contributed by atoms with E-state index in [4.69, 9.17) is 0 Å². The molecule has 1 aromatic carbocycles. The summed E-state index contributed by atoms with van der Waals surface area (Å²) in [5.41, 5.74) is -0.380. The van der Waals surface area contributed by atoms with E-state index in [0.717, 1.165) is 0 Å². The molecule has 0 spiro atoms. The third-order valence-corrected chi connectivity index (χ3v) is 5.23. The summed E-state index contributed by atoms with van der Waals surface area (Å²) >= 11 is 0. The van der Waals surface area contributed by atoms with Gasteiger partial charge in [0.05, 0.1) is 16.0 Å². The molecule has 1 aliphatic rings. The molecular formula is C18H20N4O5. The van der Waals surface area contributed by atoms with Crippen LogP contribution in [0.4, 0.5) is 5.69 Å². The monoisotopic (exact) mass is 372 g/mol. The summed E-state index contributed by atoms with van der Waals surface area (Å²) < 4.78 is 1.39. The van der Waals surface area contributed by atoms with Crippen molar-refractivity contribution in [3.8, 4) is 5.69 Å². The fourth-order valence-electron chi connectivity index (χ4n) is 3.39. The molecule has 9 nitrogen and oxygen atoms in total. The van der Waals surface area contributed by atoms with Gasteiger partial charge in [0.2, 0.25) is 0 Å². The summed E-state index contributed by atoms with van der Waals surface area (Å²) in [6.45, 7) is 4.19. The number of nitrogens with zero attached hydrogens (tertiary/aromatic N) is 4. The van der Waals surface area contributed by atoms with E-state index in [1.54, 1.807) is 18.3 Å². The van der Waals surface area contributed by atoms with Gasteiger partial charge >= 0.3 is 5.97 Å². The van der Waals surface area contributed by atoms with E-state index in [2.05, 4.69) is 5.10 Å². The molecule has 2 heterocycles. The highest BCUT2D eigenvalue weighted by atomic mass is 16.6. The molecule has 1 N–H and O–H groups in total. The quantitative estimate of drug-likeness (QED) is 0.636. The highest BCUT2D eigenvalue weighted by Gasteiger charge is 2.48. The van der Waals surface area contributed by atoms with Crippen LogP contribution in [0.2, 0.25) is 0 Å². The van der Waals surface area contributed by atoms with Crippen LogP contribution in [-0.4, -0.2) is 49.7 Å². The Bertz CT molecular complexity index is 907. The first-order valence-corrected chi connectivity index (χ1v) is 8.58. The molecule has 1 unspecified atom stereocenters. The third kappa shape index (κ3) is 3.27. The van der Waals surface area contributed by atoms with E-state index in [-0.39, 0.29) is 29.8 Å². The first kappa shape index (κ1) is 18.6. The zero-order valence-corrected chi connectivity index (χ0v) is 15.0. The first-order valence-electron chi connectivity index (χ1n) is 8.58. The lowest BCUT2D eigenvalue weighted by atomic mass is 9.76. The number of carboxylic acid groups (broad SMARTS) is 1. The number of likely N-dealkylation sites (tertiary alicyclic amines) is 1. The van der Waals surface area contributed by atoms with Crippen molar-refractivity contribution in [3.63, 3.8) is 0 Å². The molecule has 1 fully saturated rings. The van der Waals surface area contributed by atoms with Gasteiger partial charge in [0.15, 0.2) is 5.69 Å². The van der Waals surface area contributed by atoms with Gasteiger partial charge in [-0.3, -0.25) is 19.7 Å². The van der Waals surface area contributed by atoms with E-state index >= 15 is 0 Å². The maximum Gasteiger partial charge on any atom is 0.311 e. The first-order chi connectivity index (χ1) is 12.7. The lowest BCUT2D eigenvalue weighted by molar-refractivity contribution is -0.384. The second-order valence-corrected chi connectivity index (χ2v) is 7.02. The number of nitro benzene ring substituents is 1. The Labute approximate surface area is 155 Å². The number of nitro groups is 1. The molecule has 1 aromatic heterocycles. The van der Waals surface area contributed by atoms with E-state index in [1.807, 2.05) is 13.8 Å². The second-order valence-electron chi connectivity index (χ2n) is 7.02. The van der Waals surface area contributed by atoms with Crippen molar-refractivity contribution in [1.29, 1.82) is 0 Å². The van der Waals surface area contributed by atoms with E-state index < -0.39 is 16.3 Å². The number of hydrogen-bond donors (Lipinski definition) is 1. The molecule has 1 saturated heterocycles. The minimum atomic E-state index is -0.946. The fraction of sp³-hybridized carbons (Fsp3) is 0.389. The number of carbonyl (C=O) groups is 2. The lowest BCUT2D eigenvalue weighted by Crippen LogP contribution is -2.40. The standard InChI is InChI=1S/C18H20N4O5/c1-12(2)18(17(24)25)7-9-20(11-18)16(23)15-6-8-21(19-15)13-4-3-5-14(10-13)22(26)27/h3-6,8,10,12H,7,9,11H2,1-2H3,(H,24,25). The molecule has 0 aliphatic carbocycles. The van der Waals surface area contributed by atoms with Crippen LogP contribution < -0.4 is 0 Å². The number of carbonyl (C=O) groups excluding carboxylic acids is 1. The molecule has 3 rings (SSSR count). The average Bonchev–Trinajstić information content (AvgIpc) is 3.29. The third-order valence-electron chi connectivity index (χ3n) is 5.23. The second kappa shape index (κ2) is 6.82. The molecule has 1 amide bonds. The summed E-state index contributed by atoms with van der Waals surface area (Å²) in [6.07, 6.45) is 1.95. The van der Waals surface area contributed by atoms with Crippen LogP contribution in [-0.2, 0) is 4.79 Å². The van der Waals surface area contributed by atoms with Crippen LogP contribution in [0, 0.1) is 21.4 Å². The van der Waals surface area contributed by atoms with Crippen molar-refractivity contribution in [1.82, 2.24) is 14.7 Å². The van der Waals surface area contributed by atoms with Gasteiger partial charge in [-0.05, 0) is 24.5 Å². The van der Waals surface area contributed by atoms with Gasteiger partial charge < -0.3 is 10.0 Å². The highest BCUT2D eigenvalue weighted by molar-refractivity contribution is 5.93. The van der Waals surface area contributed by atoms with Crippen molar-refractivity contribution < 1.29 is 19.6 Å². The van der Waals surface area contributed by atoms with Crippen LogP contribution in [0.5, 0.6) is 0 Å². The van der Waals surface area contributed by atoms with Crippen molar-refractivity contribution in [3.05, 3.63) is 52.3 Å². The number of aromatic nitrogens is 2. The largest absolute Gasteiger partial charge is 0.481 e. The van der Waals surface area contributed by atoms with Crippen molar-refractivity contribution >= 4 is 17.6 Å². The van der Waals surface area contributed by atoms with Crippen LogP contribution >= 0.6 is 0 Å². The molecule has 1 aliphatic heterocycles. The van der Waals surface area contributed by atoms with Gasteiger partial charge in [-0.15, -0.1) is 0 Å². The Hall–Kier alpha value is -3.23. The summed E-state index contributed by atoms with van der Waals surface area (Å²) in [7, 11) is 0. The molecular weight excluding hydrogens is 352 g/mol. The molecule has 0 saturated carbocycles. The predicted molar refractivity (Wildman–Crippen MR) is 95.6 cm³/mol. The molecule has 142 valence electrons. The highest BCUT2D eigenvalue weighted by Crippen LogP contribution is 2.38. The topological polar surface area (TPSA) is 119 Å². The zero-order chi connectivity index (χ0) is 19.8. The molecule has 2 aromatic rings. The minimum absolute atomic E-state index is 0.0707. The summed E-state index contributed by atoms with van der Waals surface area (Å²) in [5.74, 6) is -1.34. The van der Waals surface area contributed by atoms with Crippen molar-refractivity contribution in [2.45, 2.75) is 20.3 Å². The summed E-state index contributed by atoms with van der Waals surface area (Å²) in [6, 6.07) is 7.46. The Balaban J connectivity index is 1.81. The SMILES string of the molecule is CC(C)C1(C(=O)O)CCN(C(=O)c2ccn(-c3cccc([N+](=O)[O-])c3)n2)C1. The number of aliphatic carboxylic acids is 1. The predicted octanol–water partition coefficient (Wildman–Crippen LogP) is 2.35. The van der Waals surface area contributed by atoms with E-state index in [1.165, 1.54) is 27.8 Å². The van der Waals surface area contributed by atoms with E-state index in [0.29, 0.717) is 18.7 Å². The molecule has 9 heteroatoms. The molecule has 0 bridgehead atoms. The summed E-state index contributed by atoms with van der Waals surface area (Å²) in [5, 5.41) is 24.7. The maximum absolute atomic E-state index is 12.7. The van der Waals surface area contributed by atoms with Gasteiger partial charge in [-0.25, -0.2) is 4.68 Å². The summed E-state index contributed by atoms with van der Waals surface area (Å²) in [4.78, 5) is 36.4. The van der Waals surface area contributed by atoms with Crippen molar-refractivity contribution in [2.24, 2.45) is 11.3 Å². The molecule has 1 atom stereocenters. The normalized spacial score (nSPS) is 19.4. The Morgan fingerprint density at radius 3 is 2.67 bits per heavy atom. The van der Waals surface area contributed by atoms with Gasteiger partial charge in [0, 0.05) is 31.4 Å². The number of rotatable bonds is 5. The average molecular weight is 372 g/mol. The van der Waals surface area contributed by atoms with Crippen molar-refractivity contribution in [2.75, 3.05) is 13.1 Å². The Morgan fingerprint density at radius 1 is 1.33 bits per heavy atom. The van der Waals surface area contributed by atoms with Crippen LogP contribution in [0.25, 0.3) is 5.69 Å². The molecule has 0 radical (unpaired) electrons. The minimum Gasteiger partial charge on any atom is -0.481 e. The van der Waals surface area contributed by atoms with Crippen LogP contribution in [0.15, 0.2) is 36.5 Å². The Kier molecular flexibility index (Phi) is 4.69. The maximum atomic E-state index is 12.7. The fourth-order valence-corrected chi connectivity index (χ4v) is 3.39. The van der Waals surface area contributed by atoms with Gasteiger partial charge in [-0.2, -0.15) is 5.10 Å². The van der Waals surface area contributed by atoms with Crippen LogP contribution in [0.3, 0.4) is 0 Å². The van der Waals surface area contributed by atoms with Crippen LogP contribution in [0.1, 0.15) is 30.8 Å². The molecule has 27 heavy (non-hydrogen) atoms. The number of amides is 1. The zero-order valence-electron chi connectivity index (χ0n) is 15.0. The smallest absolute Gasteiger partial charge is 0.311 e.